The molecule has 35 heavy (non-hydrogen) atoms. The Morgan fingerprint density at radius 1 is 1.09 bits per heavy atom. The first-order chi connectivity index (χ1) is 16.6. The van der Waals surface area contributed by atoms with E-state index < -0.39 is 52.7 Å². The van der Waals surface area contributed by atoms with E-state index in [4.69, 9.17) is 10.5 Å². The highest BCUT2D eigenvalue weighted by Gasteiger charge is 2.62. The number of hydrogen-bond donors (Lipinski definition) is 5. The molecule has 9 heteroatoms. The number of ether oxygens (including phenoxy) is 1. The van der Waals surface area contributed by atoms with Crippen molar-refractivity contribution in [3.63, 3.8) is 0 Å². The first kappa shape index (κ1) is 23.1. The number of ketones is 2. The Balaban J connectivity index is 1.65. The normalized spacial score (nSPS) is 29.8. The third-order valence-corrected chi connectivity index (χ3v) is 7.67. The number of aliphatic hydroxyl groups excluding tert-OH is 2. The molecule has 9 nitrogen and oxygen atoms in total. The molecule has 2 aromatic rings. The van der Waals surface area contributed by atoms with Crippen LogP contribution in [0.25, 0.3) is 11.1 Å². The summed E-state index contributed by atoms with van der Waals surface area (Å²) in [4.78, 5) is 38.5. The topological polar surface area (TPSA) is 167 Å². The van der Waals surface area contributed by atoms with Gasteiger partial charge in [0.2, 0.25) is 5.91 Å². The fourth-order valence-electron chi connectivity index (χ4n) is 5.97. The van der Waals surface area contributed by atoms with Crippen LogP contribution in [-0.2, 0) is 16.0 Å². The zero-order valence-corrected chi connectivity index (χ0v) is 18.9. The summed E-state index contributed by atoms with van der Waals surface area (Å²) in [6.45, 7) is 0. The van der Waals surface area contributed by atoms with Gasteiger partial charge in [0.25, 0.3) is 0 Å². The smallest absolute Gasteiger partial charge is 0.230 e. The van der Waals surface area contributed by atoms with Crippen LogP contribution in [-0.4, -0.2) is 56.7 Å². The molecule has 0 saturated heterocycles. The van der Waals surface area contributed by atoms with Gasteiger partial charge in [0, 0.05) is 11.5 Å². The average Bonchev–Trinajstić information content (AvgIpc) is 2.81. The molecule has 0 heterocycles. The Kier molecular flexibility index (Phi) is 5.23. The monoisotopic (exact) mass is 479 g/mol. The molecule has 1 amide bonds. The number of allylic oxidation sites excluding steroid dienone is 1. The summed E-state index contributed by atoms with van der Waals surface area (Å²) in [5, 5.41) is 43.4. The van der Waals surface area contributed by atoms with E-state index in [-0.39, 0.29) is 36.1 Å². The number of nitrogens with two attached hydrogens (primary N) is 1. The number of fused-ring (bicyclic) bond motifs is 3. The molecule has 0 spiro atoms. The molecule has 3 aliphatic rings. The van der Waals surface area contributed by atoms with Crippen molar-refractivity contribution in [2.24, 2.45) is 23.5 Å². The maximum absolute atomic E-state index is 13.6. The van der Waals surface area contributed by atoms with Gasteiger partial charge in [-0.2, -0.15) is 0 Å². The molecule has 0 aromatic heterocycles. The number of carbonyl (C=O) groups excluding carboxylic acids is 3. The van der Waals surface area contributed by atoms with Crippen molar-refractivity contribution in [3.8, 4) is 22.6 Å². The number of carbonyl (C=O) groups is 3. The largest absolute Gasteiger partial charge is 0.508 e. The summed E-state index contributed by atoms with van der Waals surface area (Å²) in [5.74, 6) is -6.55. The van der Waals surface area contributed by atoms with Gasteiger partial charge in [0.15, 0.2) is 17.2 Å². The number of aromatic hydroxyl groups is 1. The molecule has 182 valence electrons. The van der Waals surface area contributed by atoms with Crippen molar-refractivity contribution in [1.29, 1.82) is 0 Å². The second-order valence-corrected chi connectivity index (χ2v) is 9.45. The zero-order valence-electron chi connectivity index (χ0n) is 18.9. The van der Waals surface area contributed by atoms with Crippen molar-refractivity contribution in [1.82, 2.24) is 0 Å². The van der Waals surface area contributed by atoms with E-state index in [1.54, 1.807) is 25.3 Å². The van der Waals surface area contributed by atoms with E-state index in [9.17, 15) is 34.8 Å². The molecular formula is C26H25NO8. The maximum atomic E-state index is 13.6. The van der Waals surface area contributed by atoms with Crippen molar-refractivity contribution in [3.05, 3.63) is 58.9 Å². The van der Waals surface area contributed by atoms with Gasteiger partial charge < -0.3 is 30.9 Å². The van der Waals surface area contributed by atoms with Gasteiger partial charge in [0.05, 0.1) is 18.8 Å². The Morgan fingerprint density at radius 3 is 2.40 bits per heavy atom. The maximum Gasteiger partial charge on any atom is 0.230 e. The summed E-state index contributed by atoms with van der Waals surface area (Å²) < 4.78 is 5.21. The molecular weight excluding hydrogens is 454 g/mol. The minimum Gasteiger partial charge on any atom is -0.508 e. The van der Waals surface area contributed by atoms with E-state index in [2.05, 4.69) is 0 Å². The number of phenols is 1. The molecule has 0 radical (unpaired) electrons. The van der Waals surface area contributed by atoms with Crippen LogP contribution in [0.5, 0.6) is 11.5 Å². The van der Waals surface area contributed by atoms with Crippen LogP contribution in [0, 0.1) is 17.8 Å². The predicted molar refractivity (Wildman–Crippen MR) is 123 cm³/mol. The lowest BCUT2D eigenvalue weighted by Gasteiger charge is -2.48. The van der Waals surface area contributed by atoms with Gasteiger partial charge in [-0.3, -0.25) is 14.4 Å². The van der Waals surface area contributed by atoms with Crippen LogP contribution >= 0.6 is 0 Å². The zero-order chi connectivity index (χ0) is 25.2. The Morgan fingerprint density at radius 2 is 1.77 bits per heavy atom. The van der Waals surface area contributed by atoms with Crippen LogP contribution < -0.4 is 10.5 Å². The molecule has 3 aliphatic carbocycles. The second-order valence-electron chi connectivity index (χ2n) is 9.45. The van der Waals surface area contributed by atoms with Gasteiger partial charge in [-0.05, 0) is 60.1 Å². The van der Waals surface area contributed by atoms with E-state index in [0.717, 1.165) is 11.1 Å². The van der Waals surface area contributed by atoms with Crippen molar-refractivity contribution < 1.29 is 39.5 Å². The van der Waals surface area contributed by atoms with Crippen molar-refractivity contribution in [2.75, 3.05) is 7.11 Å². The number of primary amides is 1. The standard InChI is InChI=1S/C26H25NO8/c1-35-14-4-2-11(3-5-14)15-6-7-17(28)20-16(15)9-12-8-13-10-18(29)21(25(27)33)24(32)26(13,34)23(31)19(12)22(20)30/h2-7,12-13,18,21,28-29,31,34H,8-10H2,1H3,(H2,27,33)/t12-,13+,18?,21?,26+/m1/s1. The van der Waals surface area contributed by atoms with Crippen LogP contribution in [0.4, 0.5) is 0 Å². The van der Waals surface area contributed by atoms with E-state index in [0.29, 0.717) is 11.3 Å². The van der Waals surface area contributed by atoms with Gasteiger partial charge in [0.1, 0.15) is 23.2 Å². The first-order valence-corrected chi connectivity index (χ1v) is 11.3. The quantitative estimate of drug-likeness (QED) is 0.412. The van der Waals surface area contributed by atoms with Crippen LogP contribution in [0.3, 0.4) is 0 Å². The number of amides is 1. The van der Waals surface area contributed by atoms with E-state index >= 15 is 0 Å². The molecule has 5 rings (SSSR count). The van der Waals surface area contributed by atoms with Gasteiger partial charge >= 0.3 is 0 Å². The predicted octanol–water partition coefficient (Wildman–Crippen LogP) is 1.42. The van der Waals surface area contributed by atoms with Crippen LogP contribution in [0.2, 0.25) is 0 Å². The third kappa shape index (κ3) is 3.19. The molecule has 6 N–H and O–H groups in total. The molecule has 1 fully saturated rings. The Hall–Kier alpha value is -3.69. The number of phenolic OH excluding ortho intramolecular Hbond substituents is 1. The first-order valence-electron chi connectivity index (χ1n) is 11.3. The summed E-state index contributed by atoms with van der Waals surface area (Å²) in [7, 11) is 1.55. The summed E-state index contributed by atoms with van der Waals surface area (Å²) in [5.41, 5.74) is 4.70. The highest BCUT2D eigenvalue weighted by atomic mass is 16.5. The van der Waals surface area contributed by atoms with Crippen molar-refractivity contribution in [2.45, 2.75) is 31.0 Å². The molecule has 2 aromatic carbocycles. The summed E-state index contributed by atoms with van der Waals surface area (Å²) in [6.07, 6.45) is -1.17. The fourth-order valence-corrected chi connectivity index (χ4v) is 5.97. The summed E-state index contributed by atoms with van der Waals surface area (Å²) in [6, 6.07) is 10.3. The number of benzene rings is 2. The lowest BCUT2D eigenvalue weighted by atomic mass is 9.57. The van der Waals surface area contributed by atoms with Crippen molar-refractivity contribution >= 4 is 17.5 Å². The number of rotatable bonds is 3. The van der Waals surface area contributed by atoms with Gasteiger partial charge in [-0.1, -0.05) is 18.2 Å². The number of Topliss-reactive ketones (excluding diaryl/α,β-unsaturated/α-hetero) is 2. The minimum atomic E-state index is -2.51. The Labute approximate surface area is 200 Å². The van der Waals surface area contributed by atoms with Gasteiger partial charge in [-0.25, -0.2) is 0 Å². The highest BCUT2D eigenvalue weighted by molar-refractivity contribution is 6.16. The lowest BCUT2D eigenvalue weighted by Crippen LogP contribution is -2.63. The average molecular weight is 479 g/mol. The molecule has 1 saturated carbocycles. The number of methoxy groups -OCH3 is 1. The van der Waals surface area contributed by atoms with Crippen LogP contribution in [0.1, 0.15) is 28.8 Å². The molecule has 2 unspecified atom stereocenters. The van der Waals surface area contributed by atoms with Gasteiger partial charge in [-0.15, -0.1) is 0 Å². The second kappa shape index (κ2) is 7.93. The lowest BCUT2D eigenvalue weighted by molar-refractivity contribution is -0.167. The van der Waals surface area contributed by atoms with Crippen LogP contribution in [0.15, 0.2) is 47.7 Å². The number of aliphatic hydroxyl groups is 3. The number of hydrogen-bond acceptors (Lipinski definition) is 8. The minimum absolute atomic E-state index is 0.00656. The third-order valence-electron chi connectivity index (χ3n) is 7.67. The molecule has 0 aliphatic heterocycles. The Bertz CT molecular complexity index is 1300. The fraction of sp³-hybridized carbons (Fsp3) is 0.346. The highest BCUT2D eigenvalue weighted by Crippen LogP contribution is 2.52. The van der Waals surface area contributed by atoms with E-state index in [1.165, 1.54) is 6.07 Å². The SMILES string of the molecule is COc1ccc(-c2ccc(O)c3c2C[C@H]2C[C@H]4CC(O)C(C(N)=O)C(=O)[C@@]4(O)C(O)=C2C3=O)cc1. The molecule has 5 atom stereocenters. The molecule has 0 bridgehead atoms. The van der Waals surface area contributed by atoms with E-state index in [1.807, 2.05) is 12.1 Å². The summed E-state index contributed by atoms with van der Waals surface area (Å²) >= 11 is 0.